The van der Waals surface area contributed by atoms with Gasteiger partial charge in [0.2, 0.25) is 5.91 Å². The average Bonchev–Trinajstić information content (AvgIpc) is 3.02. The summed E-state index contributed by atoms with van der Waals surface area (Å²) in [7, 11) is 1.57. The van der Waals surface area contributed by atoms with Crippen molar-refractivity contribution in [1.82, 2.24) is 9.88 Å². The number of morpholine rings is 1. The van der Waals surface area contributed by atoms with Gasteiger partial charge in [-0.15, -0.1) is 11.3 Å². The maximum atomic E-state index is 13.5. The van der Waals surface area contributed by atoms with Gasteiger partial charge in [0.15, 0.2) is 11.2 Å². The van der Waals surface area contributed by atoms with Crippen LogP contribution in [0.3, 0.4) is 0 Å². The highest BCUT2D eigenvalue weighted by molar-refractivity contribution is 7.13. The predicted octanol–water partition coefficient (Wildman–Crippen LogP) is 1.82. The lowest BCUT2D eigenvalue weighted by molar-refractivity contribution is -0.160. The lowest BCUT2D eigenvalue weighted by Crippen LogP contribution is -2.51. The quantitative estimate of drug-likeness (QED) is 0.929. The van der Waals surface area contributed by atoms with Gasteiger partial charge >= 0.3 is 0 Å². The number of nitrogens with one attached hydrogen (secondary N) is 1. The van der Waals surface area contributed by atoms with Crippen LogP contribution in [-0.2, 0) is 14.3 Å². The Morgan fingerprint density at radius 3 is 3.04 bits per heavy atom. The molecule has 3 rings (SSSR count). The first-order valence-electron chi connectivity index (χ1n) is 6.89. The fourth-order valence-corrected chi connectivity index (χ4v) is 3.01. The third-order valence-corrected chi connectivity index (χ3v) is 4.28. The monoisotopic (exact) mass is 335 g/mol. The summed E-state index contributed by atoms with van der Waals surface area (Å²) in [6, 6.07) is 5.10. The van der Waals surface area contributed by atoms with Gasteiger partial charge in [-0.1, -0.05) is 12.1 Å². The van der Waals surface area contributed by atoms with Gasteiger partial charge in [0.1, 0.15) is 12.4 Å². The number of anilines is 1. The van der Waals surface area contributed by atoms with Crippen molar-refractivity contribution in [2.75, 3.05) is 19.0 Å². The Labute approximate surface area is 135 Å². The number of ether oxygens (including phenoxy) is 1. The second-order valence-corrected chi connectivity index (χ2v) is 5.96. The maximum Gasteiger partial charge on any atom is 0.257 e. The lowest BCUT2D eigenvalue weighted by atomic mass is 9.97. The second kappa shape index (κ2) is 6.43. The third-order valence-electron chi connectivity index (χ3n) is 3.59. The fraction of sp³-hybridized carbons (Fsp3) is 0.267. The summed E-state index contributed by atoms with van der Waals surface area (Å²) in [5.41, 5.74) is 0.500. The van der Waals surface area contributed by atoms with Crippen molar-refractivity contribution in [1.29, 1.82) is 0 Å². The van der Waals surface area contributed by atoms with E-state index in [-0.39, 0.29) is 12.5 Å². The zero-order chi connectivity index (χ0) is 16.4. The standard InChI is InChI=1S/C15H14FN3O3S/c1-19-11(20)8-22-13(14(21)18-15-17-5-6-23-15)12(19)9-3-2-4-10(16)7-9/h2-7,12-13H,8H2,1H3,(H,17,18,21)/t12-,13-/m0/s1. The first-order chi connectivity index (χ1) is 11.1. The molecule has 0 aliphatic carbocycles. The van der Waals surface area contributed by atoms with Crippen LogP contribution < -0.4 is 5.32 Å². The number of amides is 2. The highest BCUT2D eigenvalue weighted by atomic mass is 32.1. The minimum atomic E-state index is -0.941. The van der Waals surface area contributed by atoms with Gasteiger partial charge in [-0.2, -0.15) is 0 Å². The smallest absolute Gasteiger partial charge is 0.257 e. The number of thiazole rings is 1. The first kappa shape index (κ1) is 15.6. The summed E-state index contributed by atoms with van der Waals surface area (Å²) < 4.78 is 19.0. The molecule has 2 heterocycles. The second-order valence-electron chi connectivity index (χ2n) is 5.06. The Balaban J connectivity index is 1.89. The van der Waals surface area contributed by atoms with Crippen LogP contribution in [0.2, 0.25) is 0 Å². The van der Waals surface area contributed by atoms with E-state index in [4.69, 9.17) is 4.74 Å². The largest absolute Gasteiger partial charge is 0.356 e. The van der Waals surface area contributed by atoms with Crippen molar-refractivity contribution in [3.05, 3.63) is 47.2 Å². The number of hydrogen-bond donors (Lipinski definition) is 1. The van der Waals surface area contributed by atoms with Crippen LogP contribution in [0.1, 0.15) is 11.6 Å². The minimum absolute atomic E-state index is 0.196. The van der Waals surface area contributed by atoms with Crippen LogP contribution in [0.5, 0.6) is 0 Å². The van der Waals surface area contributed by atoms with Gasteiger partial charge < -0.3 is 9.64 Å². The van der Waals surface area contributed by atoms with Gasteiger partial charge in [-0.25, -0.2) is 9.37 Å². The Kier molecular flexibility index (Phi) is 4.35. The van der Waals surface area contributed by atoms with Gasteiger partial charge in [0.25, 0.3) is 5.91 Å². The van der Waals surface area contributed by atoms with Crippen molar-refractivity contribution in [2.45, 2.75) is 12.1 Å². The molecule has 120 valence electrons. The number of nitrogens with zero attached hydrogens (tertiary/aromatic N) is 2. The molecule has 1 fully saturated rings. The SMILES string of the molecule is CN1C(=O)CO[C@H](C(=O)Nc2nccs2)[C@@H]1c1cccc(F)c1. The number of benzene rings is 1. The molecule has 1 aliphatic heterocycles. The average molecular weight is 335 g/mol. The molecule has 0 unspecified atom stereocenters. The number of carbonyl (C=O) groups is 2. The van der Waals surface area contributed by atoms with E-state index >= 15 is 0 Å². The molecule has 0 spiro atoms. The van der Waals surface area contributed by atoms with Crippen LogP contribution in [0, 0.1) is 5.82 Å². The molecule has 6 nitrogen and oxygen atoms in total. The van der Waals surface area contributed by atoms with Crippen LogP contribution in [-0.4, -0.2) is 41.5 Å². The molecule has 1 aliphatic rings. The van der Waals surface area contributed by atoms with Gasteiger partial charge in [0.05, 0.1) is 6.04 Å². The van der Waals surface area contributed by atoms with Gasteiger partial charge in [-0.05, 0) is 17.7 Å². The van der Waals surface area contributed by atoms with Crippen molar-refractivity contribution in [3.8, 4) is 0 Å². The Hall–Kier alpha value is -2.32. The fourth-order valence-electron chi connectivity index (χ4n) is 2.48. The van der Waals surface area contributed by atoms with E-state index in [1.54, 1.807) is 24.7 Å². The molecule has 0 bridgehead atoms. The van der Waals surface area contributed by atoms with Gasteiger partial charge in [-0.3, -0.25) is 14.9 Å². The number of carbonyl (C=O) groups excluding carboxylic acids is 2. The molecule has 1 aromatic carbocycles. The van der Waals surface area contributed by atoms with E-state index in [1.807, 2.05) is 0 Å². The maximum absolute atomic E-state index is 13.5. The molecule has 0 radical (unpaired) electrons. The van der Waals surface area contributed by atoms with Gasteiger partial charge in [0, 0.05) is 18.6 Å². The van der Waals surface area contributed by atoms with Crippen LogP contribution in [0.25, 0.3) is 0 Å². The summed E-state index contributed by atoms with van der Waals surface area (Å²) in [5.74, 6) is -1.13. The van der Waals surface area contributed by atoms with E-state index in [1.165, 1.54) is 34.4 Å². The van der Waals surface area contributed by atoms with E-state index in [2.05, 4.69) is 10.3 Å². The number of aromatic nitrogens is 1. The third kappa shape index (κ3) is 3.22. The molecule has 2 aromatic rings. The summed E-state index contributed by atoms with van der Waals surface area (Å²) in [6.07, 6.45) is 0.630. The van der Waals surface area contributed by atoms with E-state index in [0.29, 0.717) is 10.7 Å². The molecular weight excluding hydrogens is 321 g/mol. The topological polar surface area (TPSA) is 71.5 Å². The van der Waals surface area contributed by atoms with E-state index in [0.717, 1.165) is 0 Å². The molecule has 0 saturated carbocycles. The highest BCUT2D eigenvalue weighted by Gasteiger charge is 2.40. The van der Waals surface area contributed by atoms with Crippen molar-refractivity contribution in [2.24, 2.45) is 0 Å². The summed E-state index contributed by atoms with van der Waals surface area (Å²) in [6.45, 7) is -0.196. The molecule has 2 amide bonds. The Morgan fingerprint density at radius 2 is 2.35 bits per heavy atom. The van der Waals surface area contributed by atoms with Crippen molar-refractivity contribution in [3.63, 3.8) is 0 Å². The van der Waals surface area contributed by atoms with Crippen LogP contribution in [0.4, 0.5) is 9.52 Å². The molecule has 1 aromatic heterocycles. The Bertz CT molecular complexity index is 723. The summed E-state index contributed by atoms with van der Waals surface area (Å²) in [4.78, 5) is 29.8. The number of halogens is 1. The zero-order valence-corrected chi connectivity index (χ0v) is 13.0. The van der Waals surface area contributed by atoms with E-state index in [9.17, 15) is 14.0 Å². The minimum Gasteiger partial charge on any atom is -0.356 e. The van der Waals surface area contributed by atoms with E-state index < -0.39 is 23.9 Å². The molecular formula is C15H14FN3O3S. The predicted molar refractivity (Wildman–Crippen MR) is 82.4 cm³/mol. The number of hydrogen-bond acceptors (Lipinski definition) is 5. The number of rotatable bonds is 3. The molecule has 23 heavy (non-hydrogen) atoms. The summed E-state index contributed by atoms with van der Waals surface area (Å²) in [5, 5.41) is 4.83. The Morgan fingerprint density at radius 1 is 1.52 bits per heavy atom. The molecule has 2 atom stereocenters. The lowest BCUT2D eigenvalue weighted by Gasteiger charge is -2.38. The van der Waals surface area contributed by atoms with Crippen molar-refractivity contribution < 1.29 is 18.7 Å². The zero-order valence-electron chi connectivity index (χ0n) is 12.2. The van der Waals surface area contributed by atoms with Crippen LogP contribution in [0.15, 0.2) is 35.8 Å². The van der Waals surface area contributed by atoms with Crippen molar-refractivity contribution >= 4 is 28.3 Å². The first-order valence-corrected chi connectivity index (χ1v) is 7.77. The number of likely N-dealkylation sites (N-methyl/N-ethyl adjacent to an activating group) is 1. The highest BCUT2D eigenvalue weighted by Crippen LogP contribution is 2.30. The molecule has 8 heteroatoms. The molecule has 1 N–H and O–H groups in total. The molecule has 1 saturated heterocycles. The normalized spacial score (nSPS) is 21.3. The van der Waals surface area contributed by atoms with Crippen LogP contribution >= 0.6 is 11.3 Å². The summed E-state index contributed by atoms with van der Waals surface area (Å²) >= 11 is 1.28.